The molecule has 38 heavy (non-hydrogen) atoms. The predicted octanol–water partition coefficient (Wildman–Crippen LogP) is 10.6. The molecule has 3 heteroatoms. The van der Waals surface area contributed by atoms with Crippen molar-refractivity contribution in [2.75, 3.05) is 0 Å². The van der Waals surface area contributed by atoms with Crippen LogP contribution in [0.2, 0.25) is 0 Å². The van der Waals surface area contributed by atoms with Crippen LogP contribution in [0.1, 0.15) is 128 Å². The van der Waals surface area contributed by atoms with Gasteiger partial charge in [-0.2, -0.15) is 0 Å². The van der Waals surface area contributed by atoms with Crippen molar-refractivity contribution in [3.63, 3.8) is 0 Å². The summed E-state index contributed by atoms with van der Waals surface area (Å²) < 4.78 is 20.5. The van der Waals surface area contributed by atoms with Crippen molar-refractivity contribution < 1.29 is 13.9 Å². The highest BCUT2D eigenvalue weighted by molar-refractivity contribution is 5.75. The highest BCUT2D eigenvalue weighted by atomic mass is 19.1. The topological polar surface area (TPSA) is 26.3 Å². The van der Waals surface area contributed by atoms with Crippen molar-refractivity contribution in [2.24, 2.45) is 17.8 Å². The lowest BCUT2D eigenvalue weighted by Crippen LogP contribution is -2.26. The van der Waals surface area contributed by atoms with Crippen LogP contribution in [0.15, 0.2) is 42.5 Å². The van der Waals surface area contributed by atoms with Gasteiger partial charge in [0.2, 0.25) is 0 Å². The van der Waals surface area contributed by atoms with Crippen molar-refractivity contribution in [1.29, 1.82) is 0 Å². The summed E-state index contributed by atoms with van der Waals surface area (Å²) in [6.45, 7) is 4.51. The average Bonchev–Trinajstić information content (AvgIpc) is 2.95. The minimum absolute atomic E-state index is 0.0520. The van der Waals surface area contributed by atoms with Gasteiger partial charge < -0.3 is 4.74 Å². The molecule has 0 aromatic heterocycles. The van der Waals surface area contributed by atoms with E-state index in [0.717, 1.165) is 48.6 Å². The van der Waals surface area contributed by atoms with Gasteiger partial charge in [0.15, 0.2) is 11.6 Å². The number of benzene rings is 2. The predicted molar refractivity (Wildman–Crippen MR) is 156 cm³/mol. The number of halogens is 1. The fraction of sp³-hybridized carbons (Fsp3) is 0.629. The molecule has 2 aliphatic rings. The van der Waals surface area contributed by atoms with E-state index >= 15 is 0 Å². The average molecular weight is 521 g/mol. The monoisotopic (exact) mass is 520 g/mol. The van der Waals surface area contributed by atoms with Crippen LogP contribution in [0.3, 0.4) is 0 Å². The lowest BCUT2D eigenvalue weighted by Gasteiger charge is -2.29. The first-order valence-electron chi connectivity index (χ1n) is 15.7. The molecule has 0 spiro atoms. The van der Waals surface area contributed by atoms with Gasteiger partial charge in [0.1, 0.15) is 0 Å². The number of carbonyl (C=O) groups is 1. The number of rotatable bonds is 12. The highest BCUT2D eigenvalue weighted by Crippen LogP contribution is 2.39. The van der Waals surface area contributed by atoms with Crippen LogP contribution in [-0.4, -0.2) is 5.97 Å². The Kier molecular flexibility index (Phi) is 11.3. The second kappa shape index (κ2) is 14.8. The molecule has 2 saturated carbocycles. The lowest BCUT2D eigenvalue weighted by molar-refractivity contribution is -0.140. The molecule has 2 nitrogen and oxygen atoms in total. The molecule has 0 aliphatic heterocycles. The van der Waals surface area contributed by atoms with E-state index in [2.05, 4.69) is 38.1 Å². The van der Waals surface area contributed by atoms with E-state index in [0.29, 0.717) is 5.92 Å². The maximum Gasteiger partial charge on any atom is 0.314 e. The van der Waals surface area contributed by atoms with Gasteiger partial charge in [-0.25, -0.2) is 4.39 Å². The zero-order valence-electron chi connectivity index (χ0n) is 23.9. The summed E-state index contributed by atoms with van der Waals surface area (Å²) in [4.78, 5) is 12.7. The smallest absolute Gasteiger partial charge is 0.314 e. The molecule has 2 aromatic rings. The second-order valence-corrected chi connectivity index (χ2v) is 12.1. The maximum absolute atomic E-state index is 14.9. The summed E-state index contributed by atoms with van der Waals surface area (Å²) in [5.74, 6) is 1.52. The standard InChI is InChI=1S/C35H49FO2/c1-3-5-7-9-26-11-15-28(16-12-26)29-19-21-30(22-20-29)32-23-24-34(33(36)25-32)38-35(37)31-17-13-27(14-18-31)10-8-6-4-2/h19-28,31H,3-18H2,1-2H3. The minimum Gasteiger partial charge on any atom is -0.423 e. The molecule has 0 N–H and O–H groups in total. The van der Waals surface area contributed by atoms with Gasteiger partial charge >= 0.3 is 5.97 Å². The zero-order chi connectivity index (χ0) is 26.7. The number of hydrogen-bond acceptors (Lipinski definition) is 2. The molecule has 4 rings (SSSR count). The van der Waals surface area contributed by atoms with Gasteiger partial charge in [-0.1, -0.05) is 95.5 Å². The highest BCUT2D eigenvalue weighted by Gasteiger charge is 2.28. The number of hydrogen-bond donors (Lipinski definition) is 0. The molecular weight excluding hydrogens is 471 g/mol. The first kappa shape index (κ1) is 28.8. The van der Waals surface area contributed by atoms with Gasteiger partial charge in [0.05, 0.1) is 5.92 Å². The van der Waals surface area contributed by atoms with Crippen LogP contribution >= 0.6 is 0 Å². The van der Waals surface area contributed by atoms with E-state index in [1.807, 2.05) is 6.07 Å². The Morgan fingerprint density at radius 3 is 1.84 bits per heavy atom. The Balaban J connectivity index is 1.26. The van der Waals surface area contributed by atoms with Crippen LogP contribution in [0, 0.1) is 23.6 Å². The summed E-state index contributed by atoms with van der Waals surface area (Å²) in [5.41, 5.74) is 3.23. The van der Waals surface area contributed by atoms with Crippen molar-refractivity contribution in [3.05, 3.63) is 53.8 Å². The summed E-state index contributed by atoms with van der Waals surface area (Å²) in [6, 6.07) is 13.7. The Hall–Kier alpha value is -2.16. The molecule has 208 valence electrons. The van der Waals surface area contributed by atoms with Crippen molar-refractivity contribution in [2.45, 2.75) is 122 Å². The van der Waals surface area contributed by atoms with Gasteiger partial charge in [0, 0.05) is 0 Å². The number of ether oxygens (including phenoxy) is 1. The quantitative estimate of drug-likeness (QED) is 0.158. The summed E-state index contributed by atoms with van der Waals surface area (Å²) >= 11 is 0. The Morgan fingerprint density at radius 1 is 0.737 bits per heavy atom. The molecule has 0 atom stereocenters. The van der Waals surface area contributed by atoms with Crippen molar-refractivity contribution in [1.82, 2.24) is 0 Å². The van der Waals surface area contributed by atoms with Gasteiger partial charge in [-0.3, -0.25) is 4.79 Å². The SMILES string of the molecule is CCCCCC1CCC(C(=O)Oc2ccc(-c3ccc(C4CCC(CCCCC)CC4)cc3)cc2F)CC1. The first-order valence-corrected chi connectivity index (χ1v) is 15.7. The van der Waals surface area contributed by atoms with Crippen LogP contribution in [0.5, 0.6) is 5.75 Å². The molecule has 0 heterocycles. The molecule has 0 unspecified atom stereocenters. The molecule has 0 bridgehead atoms. The summed E-state index contributed by atoms with van der Waals surface area (Å²) in [6.07, 6.45) is 19.7. The molecular formula is C35H49FO2. The van der Waals surface area contributed by atoms with Crippen LogP contribution in [0.25, 0.3) is 11.1 Å². The number of esters is 1. The molecule has 0 saturated heterocycles. The Morgan fingerprint density at radius 2 is 1.29 bits per heavy atom. The number of unbranched alkanes of at least 4 members (excludes halogenated alkanes) is 4. The summed E-state index contributed by atoms with van der Waals surface area (Å²) in [5, 5.41) is 0. The third kappa shape index (κ3) is 8.17. The largest absolute Gasteiger partial charge is 0.423 e. The zero-order valence-corrected chi connectivity index (χ0v) is 23.9. The fourth-order valence-corrected chi connectivity index (χ4v) is 6.74. The van der Waals surface area contributed by atoms with Crippen molar-refractivity contribution >= 4 is 5.97 Å². The van der Waals surface area contributed by atoms with Crippen LogP contribution in [-0.2, 0) is 4.79 Å². The normalized spacial score (nSPS) is 23.8. The molecule has 0 amide bonds. The maximum atomic E-state index is 14.9. The Labute approximate surface area is 230 Å². The summed E-state index contributed by atoms with van der Waals surface area (Å²) in [7, 11) is 0. The third-order valence-electron chi connectivity index (χ3n) is 9.32. The van der Waals surface area contributed by atoms with E-state index in [-0.39, 0.29) is 17.6 Å². The number of carbonyl (C=O) groups excluding carboxylic acids is 1. The fourth-order valence-electron chi connectivity index (χ4n) is 6.74. The lowest BCUT2D eigenvalue weighted by atomic mass is 9.77. The van der Waals surface area contributed by atoms with Crippen molar-refractivity contribution in [3.8, 4) is 16.9 Å². The van der Waals surface area contributed by atoms with E-state index in [1.54, 1.807) is 6.07 Å². The van der Waals surface area contributed by atoms with Gasteiger partial charge in [-0.05, 0) is 97.9 Å². The van der Waals surface area contributed by atoms with Crippen LogP contribution in [0.4, 0.5) is 4.39 Å². The van der Waals surface area contributed by atoms with Crippen LogP contribution < -0.4 is 4.74 Å². The first-order chi connectivity index (χ1) is 18.6. The third-order valence-corrected chi connectivity index (χ3v) is 9.32. The molecule has 0 radical (unpaired) electrons. The van der Waals surface area contributed by atoms with E-state index in [1.165, 1.54) is 88.7 Å². The Bertz CT molecular complexity index is 981. The minimum atomic E-state index is -0.463. The molecule has 2 aromatic carbocycles. The second-order valence-electron chi connectivity index (χ2n) is 12.1. The van der Waals surface area contributed by atoms with Gasteiger partial charge in [0.25, 0.3) is 0 Å². The molecule has 2 fully saturated rings. The van der Waals surface area contributed by atoms with E-state index in [9.17, 15) is 9.18 Å². The van der Waals surface area contributed by atoms with Gasteiger partial charge in [-0.15, -0.1) is 0 Å². The van der Waals surface area contributed by atoms with E-state index < -0.39 is 5.82 Å². The van der Waals surface area contributed by atoms with E-state index in [4.69, 9.17) is 4.74 Å². The molecule has 2 aliphatic carbocycles.